The average molecular weight is 390 g/mol. The van der Waals surface area contributed by atoms with E-state index in [1.807, 2.05) is 18.2 Å². The third-order valence-corrected chi connectivity index (χ3v) is 4.45. The van der Waals surface area contributed by atoms with E-state index in [0.717, 1.165) is 0 Å². The van der Waals surface area contributed by atoms with Crippen LogP contribution < -0.4 is 10.1 Å². The number of carbonyl (C=O) groups excluding carboxylic acids is 2. The highest BCUT2D eigenvalue weighted by Crippen LogP contribution is 2.45. The molecule has 2 aromatic carbocycles. The van der Waals surface area contributed by atoms with Crippen molar-refractivity contribution in [2.45, 2.75) is 25.5 Å². The topological polar surface area (TPSA) is 73.9 Å². The number of hydrogen-bond donors (Lipinski definition) is 1. The Morgan fingerprint density at radius 2 is 1.70 bits per heavy atom. The summed E-state index contributed by atoms with van der Waals surface area (Å²) >= 11 is 6.06. The lowest BCUT2D eigenvalue weighted by Crippen LogP contribution is -2.61. The van der Waals surface area contributed by atoms with Gasteiger partial charge < -0.3 is 19.5 Å². The first-order valence-electron chi connectivity index (χ1n) is 8.67. The van der Waals surface area contributed by atoms with Crippen molar-refractivity contribution in [2.75, 3.05) is 18.5 Å². The molecule has 0 saturated heterocycles. The number of anilines is 1. The minimum atomic E-state index is -2.04. The zero-order valence-corrected chi connectivity index (χ0v) is 15.8. The first-order chi connectivity index (χ1) is 13.0. The summed E-state index contributed by atoms with van der Waals surface area (Å²) < 4.78 is 16.4. The number of ether oxygens (including phenoxy) is 3. The van der Waals surface area contributed by atoms with Crippen LogP contribution in [0.25, 0.3) is 0 Å². The zero-order chi connectivity index (χ0) is 19.4. The Morgan fingerprint density at radius 3 is 2.30 bits per heavy atom. The van der Waals surface area contributed by atoms with Gasteiger partial charge in [0, 0.05) is 11.1 Å². The predicted octanol–water partition coefficient (Wildman–Crippen LogP) is 3.75. The normalized spacial score (nSPS) is 17.1. The second-order valence-electron chi connectivity index (χ2n) is 5.91. The molecule has 7 heteroatoms. The molecule has 1 heterocycles. The lowest BCUT2D eigenvalue weighted by molar-refractivity contribution is -0.182. The number of esters is 2. The van der Waals surface area contributed by atoms with Gasteiger partial charge in [0.25, 0.3) is 0 Å². The van der Waals surface area contributed by atoms with Crippen LogP contribution in [0, 0.1) is 0 Å². The number of hydrogen-bond acceptors (Lipinski definition) is 6. The van der Waals surface area contributed by atoms with Gasteiger partial charge in [0.2, 0.25) is 0 Å². The maximum absolute atomic E-state index is 13.0. The number of nitrogens with one attached hydrogen (secondary N) is 1. The molecule has 3 rings (SSSR count). The van der Waals surface area contributed by atoms with Crippen molar-refractivity contribution >= 4 is 29.2 Å². The Kier molecular flexibility index (Phi) is 5.56. The van der Waals surface area contributed by atoms with Crippen molar-refractivity contribution in [3.8, 4) is 5.75 Å². The number of rotatable bonds is 5. The van der Waals surface area contributed by atoms with Gasteiger partial charge in [-0.15, -0.1) is 0 Å². The van der Waals surface area contributed by atoms with E-state index < -0.39 is 23.6 Å². The molecule has 2 aromatic rings. The Hall–Kier alpha value is -2.73. The minimum Gasteiger partial charge on any atom is -0.462 e. The Balaban J connectivity index is 2.20. The third-order valence-electron chi connectivity index (χ3n) is 4.21. The standard InChI is InChI=1S/C20H20ClNO5/c1-3-25-18(23)20(19(24)26-4-2)17(13-8-6-5-7-9-13)22-15-11-10-14(21)12-16(15)27-20/h5-12,17,22H,3-4H2,1-2H3. The quantitative estimate of drug-likeness (QED) is 0.620. The summed E-state index contributed by atoms with van der Waals surface area (Å²) in [6, 6.07) is 13.2. The van der Waals surface area contributed by atoms with Crippen LogP contribution in [0.3, 0.4) is 0 Å². The van der Waals surface area contributed by atoms with E-state index in [4.69, 9.17) is 25.8 Å². The molecule has 1 atom stereocenters. The smallest absolute Gasteiger partial charge is 0.365 e. The van der Waals surface area contributed by atoms with Gasteiger partial charge in [-0.1, -0.05) is 41.9 Å². The summed E-state index contributed by atoms with van der Waals surface area (Å²) in [4.78, 5) is 26.0. The van der Waals surface area contributed by atoms with Crippen LogP contribution in [0.1, 0.15) is 25.5 Å². The monoisotopic (exact) mass is 389 g/mol. The van der Waals surface area contributed by atoms with Crippen molar-refractivity contribution in [3.05, 3.63) is 59.1 Å². The molecule has 0 aliphatic carbocycles. The van der Waals surface area contributed by atoms with Gasteiger partial charge in [0.05, 0.1) is 18.9 Å². The molecule has 0 radical (unpaired) electrons. The molecule has 1 aliphatic rings. The van der Waals surface area contributed by atoms with Crippen LogP contribution in [0.5, 0.6) is 5.75 Å². The fraction of sp³-hybridized carbons (Fsp3) is 0.300. The van der Waals surface area contributed by atoms with Crippen molar-refractivity contribution in [1.29, 1.82) is 0 Å². The minimum absolute atomic E-state index is 0.0905. The first-order valence-corrected chi connectivity index (χ1v) is 9.05. The molecule has 0 fully saturated rings. The largest absolute Gasteiger partial charge is 0.462 e. The van der Waals surface area contributed by atoms with Crippen LogP contribution in [-0.4, -0.2) is 30.8 Å². The van der Waals surface area contributed by atoms with Crippen LogP contribution in [-0.2, 0) is 19.1 Å². The Labute approximate surface area is 162 Å². The lowest BCUT2D eigenvalue weighted by Gasteiger charge is -2.41. The third kappa shape index (κ3) is 3.45. The maximum atomic E-state index is 13.0. The summed E-state index contributed by atoms with van der Waals surface area (Å²) in [7, 11) is 0. The fourth-order valence-corrected chi connectivity index (χ4v) is 3.19. The van der Waals surface area contributed by atoms with Crippen molar-refractivity contribution in [2.24, 2.45) is 0 Å². The van der Waals surface area contributed by atoms with E-state index in [-0.39, 0.29) is 19.0 Å². The molecule has 27 heavy (non-hydrogen) atoms. The second kappa shape index (κ2) is 7.88. The van der Waals surface area contributed by atoms with Gasteiger partial charge >= 0.3 is 17.5 Å². The Morgan fingerprint density at radius 1 is 1.07 bits per heavy atom. The van der Waals surface area contributed by atoms with Crippen LogP contribution in [0.2, 0.25) is 5.02 Å². The molecular weight excluding hydrogens is 370 g/mol. The zero-order valence-electron chi connectivity index (χ0n) is 15.0. The van der Waals surface area contributed by atoms with Crippen molar-refractivity contribution in [1.82, 2.24) is 0 Å². The highest BCUT2D eigenvalue weighted by Gasteiger charge is 2.61. The highest BCUT2D eigenvalue weighted by molar-refractivity contribution is 6.30. The van der Waals surface area contributed by atoms with Crippen LogP contribution in [0.15, 0.2) is 48.5 Å². The van der Waals surface area contributed by atoms with E-state index in [0.29, 0.717) is 16.3 Å². The number of halogens is 1. The van der Waals surface area contributed by atoms with Gasteiger partial charge in [0.1, 0.15) is 11.8 Å². The van der Waals surface area contributed by atoms with Crippen LogP contribution >= 0.6 is 11.6 Å². The van der Waals surface area contributed by atoms with E-state index in [9.17, 15) is 9.59 Å². The molecule has 0 spiro atoms. The molecule has 142 valence electrons. The molecular formula is C20H20ClNO5. The van der Waals surface area contributed by atoms with Gasteiger partial charge in [-0.25, -0.2) is 9.59 Å². The lowest BCUT2D eigenvalue weighted by atomic mass is 9.86. The molecule has 1 N–H and O–H groups in total. The second-order valence-corrected chi connectivity index (χ2v) is 6.34. The summed E-state index contributed by atoms with van der Waals surface area (Å²) in [5.74, 6) is -1.37. The molecule has 0 aromatic heterocycles. The molecule has 1 aliphatic heterocycles. The summed E-state index contributed by atoms with van der Waals surface area (Å²) in [5, 5.41) is 3.64. The number of carbonyl (C=O) groups is 2. The predicted molar refractivity (Wildman–Crippen MR) is 101 cm³/mol. The molecule has 0 amide bonds. The molecule has 0 bridgehead atoms. The van der Waals surface area contributed by atoms with Crippen molar-refractivity contribution < 1.29 is 23.8 Å². The summed E-state index contributed by atoms with van der Waals surface area (Å²) in [6.45, 7) is 3.51. The molecule has 6 nitrogen and oxygen atoms in total. The summed E-state index contributed by atoms with van der Waals surface area (Å²) in [5.41, 5.74) is -0.748. The van der Waals surface area contributed by atoms with Gasteiger partial charge in [-0.2, -0.15) is 0 Å². The van der Waals surface area contributed by atoms with E-state index in [1.54, 1.807) is 38.1 Å². The van der Waals surface area contributed by atoms with Gasteiger partial charge in [-0.05, 0) is 31.5 Å². The number of fused-ring (bicyclic) bond motifs is 1. The highest BCUT2D eigenvalue weighted by atomic mass is 35.5. The fourth-order valence-electron chi connectivity index (χ4n) is 3.03. The van der Waals surface area contributed by atoms with E-state index in [2.05, 4.69) is 5.32 Å². The van der Waals surface area contributed by atoms with E-state index >= 15 is 0 Å². The van der Waals surface area contributed by atoms with Crippen molar-refractivity contribution in [3.63, 3.8) is 0 Å². The van der Waals surface area contributed by atoms with E-state index in [1.165, 1.54) is 6.07 Å². The summed E-state index contributed by atoms with van der Waals surface area (Å²) in [6.07, 6.45) is 0. The SMILES string of the molecule is CCOC(=O)C1(C(=O)OCC)Oc2cc(Cl)ccc2NC1c1ccccc1. The molecule has 1 unspecified atom stereocenters. The van der Waals surface area contributed by atoms with Crippen LogP contribution in [0.4, 0.5) is 5.69 Å². The first kappa shape index (κ1) is 19.0. The maximum Gasteiger partial charge on any atom is 0.365 e. The molecule has 0 saturated carbocycles. The Bertz CT molecular complexity index is 822. The number of benzene rings is 2. The average Bonchev–Trinajstić information content (AvgIpc) is 2.67. The van der Waals surface area contributed by atoms with Gasteiger partial charge in [0.15, 0.2) is 0 Å². The van der Waals surface area contributed by atoms with Gasteiger partial charge in [-0.3, -0.25) is 0 Å².